The van der Waals surface area contributed by atoms with Crippen molar-refractivity contribution in [2.75, 3.05) is 0 Å². The van der Waals surface area contributed by atoms with Gasteiger partial charge in [0.15, 0.2) is 0 Å². The molecule has 0 amide bonds. The highest BCUT2D eigenvalue weighted by Crippen LogP contribution is 2.14. The van der Waals surface area contributed by atoms with Gasteiger partial charge in [-0.2, -0.15) is 0 Å². The first-order valence-electron chi connectivity index (χ1n) is 6.00. The van der Waals surface area contributed by atoms with Gasteiger partial charge in [0.05, 0.1) is 12.3 Å². The van der Waals surface area contributed by atoms with E-state index in [1.54, 1.807) is 6.26 Å². The summed E-state index contributed by atoms with van der Waals surface area (Å²) in [7, 11) is 0. The molecule has 1 aromatic heterocycles. The maximum Gasteiger partial charge on any atom is 0.120 e. The topological polar surface area (TPSA) is 25.2 Å². The highest BCUT2D eigenvalue weighted by atomic mass is 16.3. The molecule has 1 N–H and O–H groups in total. The minimum atomic E-state index is 0.242. The zero-order chi connectivity index (χ0) is 12.3. The molecule has 0 saturated heterocycles. The van der Waals surface area contributed by atoms with Gasteiger partial charge in [-0.25, -0.2) is 0 Å². The molecule has 1 atom stereocenters. The molecule has 1 heterocycles. The van der Waals surface area contributed by atoms with E-state index in [1.807, 2.05) is 12.1 Å². The molecule has 2 heteroatoms. The lowest BCUT2D eigenvalue weighted by Crippen LogP contribution is -2.17. The molecule has 1 aromatic carbocycles. The molecule has 2 nitrogen and oxygen atoms in total. The lowest BCUT2D eigenvalue weighted by atomic mass is 10.1. The number of nitrogens with one attached hydrogen (secondary N) is 1. The summed E-state index contributed by atoms with van der Waals surface area (Å²) in [6.07, 6.45) is 1.71. The van der Waals surface area contributed by atoms with Crippen molar-refractivity contribution in [3.63, 3.8) is 0 Å². The van der Waals surface area contributed by atoms with Crippen LogP contribution < -0.4 is 5.32 Å². The summed E-state index contributed by atoms with van der Waals surface area (Å²) >= 11 is 0. The highest BCUT2D eigenvalue weighted by molar-refractivity contribution is 5.29. The summed E-state index contributed by atoms with van der Waals surface area (Å²) in [5, 5.41) is 3.45. The second kappa shape index (κ2) is 5.19. The molecule has 0 radical (unpaired) electrons. The molecule has 2 rings (SSSR count). The van der Waals surface area contributed by atoms with Crippen molar-refractivity contribution >= 4 is 0 Å². The first-order chi connectivity index (χ1) is 8.16. The van der Waals surface area contributed by atoms with E-state index in [1.165, 1.54) is 16.7 Å². The van der Waals surface area contributed by atoms with Crippen molar-refractivity contribution in [3.8, 4) is 0 Å². The van der Waals surface area contributed by atoms with Gasteiger partial charge in [0.2, 0.25) is 0 Å². The first-order valence-corrected chi connectivity index (χ1v) is 6.00. The van der Waals surface area contributed by atoms with Crippen LogP contribution in [0.3, 0.4) is 0 Å². The van der Waals surface area contributed by atoms with Gasteiger partial charge in [-0.15, -0.1) is 0 Å². The standard InChI is InChI=1S/C15H19NO/c1-11-6-7-14(9-12(11)2)10-16-13(3)15-5-4-8-17-15/h4-9,13,16H,10H2,1-3H3. The van der Waals surface area contributed by atoms with E-state index in [-0.39, 0.29) is 6.04 Å². The second-order valence-electron chi connectivity index (χ2n) is 4.54. The van der Waals surface area contributed by atoms with Crippen LogP contribution in [-0.4, -0.2) is 0 Å². The first kappa shape index (κ1) is 11.9. The second-order valence-corrected chi connectivity index (χ2v) is 4.54. The molecule has 0 spiro atoms. The fourth-order valence-corrected chi connectivity index (χ4v) is 1.82. The molecule has 1 unspecified atom stereocenters. The van der Waals surface area contributed by atoms with Crippen molar-refractivity contribution in [3.05, 3.63) is 59.0 Å². The molecular weight excluding hydrogens is 210 g/mol. The van der Waals surface area contributed by atoms with Crippen LogP contribution in [0.4, 0.5) is 0 Å². The maximum atomic E-state index is 5.36. The number of hydrogen-bond acceptors (Lipinski definition) is 2. The number of furan rings is 1. The Labute approximate surface area is 103 Å². The van der Waals surface area contributed by atoms with Crippen LogP contribution in [0, 0.1) is 13.8 Å². The third-order valence-electron chi connectivity index (χ3n) is 3.15. The SMILES string of the molecule is Cc1ccc(CNC(C)c2ccco2)cc1C. The Morgan fingerprint density at radius 3 is 2.65 bits per heavy atom. The van der Waals surface area contributed by atoms with Gasteiger partial charge in [-0.3, -0.25) is 0 Å². The van der Waals surface area contributed by atoms with Crippen LogP contribution in [0.1, 0.15) is 35.4 Å². The van der Waals surface area contributed by atoms with Crippen molar-refractivity contribution in [1.29, 1.82) is 0 Å². The average Bonchev–Trinajstić information content (AvgIpc) is 2.84. The Hall–Kier alpha value is -1.54. The monoisotopic (exact) mass is 229 g/mol. The Bertz CT molecular complexity index is 474. The Kier molecular flexibility index (Phi) is 3.64. The zero-order valence-electron chi connectivity index (χ0n) is 10.7. The Morgan fingerprint density at radius 1 is 1.18 bits per heavy atom. The van der Waals surface area contributed by atoms with Crippen LogP contribution in [-0.2, 0) is 6.54 Å². The molecular formula is C15H19NO. The average molecular weight is 229 g/mol. The number of hydrogen-bond donors (Lipinski definition) is 1. The Balaban J connectivity index is 1.96. The van der Waals surface area contributed by atoms with E-state index in [0.29, 0.717) is 0 Å². The van der Waals surface area contributed by atoms with Gasteiger partial charge in [0.25, 0.3) is 0 Å². The lowest BCUT2D eigenvalue weighted by molar-refractivity contribution is 0.430. The number of benzene rings is 1. The predicted molar refractivity (Wildman–Crippen MR) is 69.9 cm³/mol. The van der Waals surface area contributed by atoms with E-state index in [2.05, 4.69) is 44.3 Å². The summed E-state index contributed by atoms with van der Waals surface area (Å²) in [5.41, 5.74) is 3.99. The van der Waals surface area contributed by atoms with Crippen LogP contribution in [0.5, 0.6) is 0 Å². The normalized spacial score (nSPS) is 12.6. The van der Waals surface area contributed by atoms with Crippen LogP contribution in [0.15, 0.2) is 41.0 Å². The molecule has 17 heavy (non-hydrogen) atoms. The molecule has 0 aliphatic rings. The smallest absolute Gasteiger partial charge is 0.120 e. The largest absolute Gasteiger partial charge is 0.468 e. The summed E-state index contributed by atoms with van der Waals surface area (Å²) in [4.78, 5) is 0. The molecule has 0 bridgehead atoms. The van der Waals surface area contributed by atoms with Gasteiger partial charge in [-0.1, -0.05) is 18.2 Å². The molecule has 0 aliphatic heterocycles. The van der Waals surface area contributed by atoms with Gasteiger partial charge >= 0.3 is 0 Å². The Morgan fingerprint density at radius 2 is 2.00 bits per heavy atom. The fraction of sp³-hybridized carbons (Fsp3) is 0.333. The molecule has 90 valence electrons. The predicted octanol–water partition coefficient (Wildman–Crippen LogP) is 3.75. The zero-order valence-corrected chi connectivity index (χ0v) is 10.7. The summed E-state index contributed by atoms with van der Waals surface area (Å²) in [6, 6.07) is 10.7. The fourth-order valence-electron chi connectivity index (χ4n) is 1.82. The van der Waals surface area contributed by atoms with E-state index in [9.17, 15) is 0 Å². The van der Waals surface area contributed by atoms with E-state index >= 15 is 0 Å². The van der Waals surface area contributed by atoms with Gasteiger partial charge in [0, 0.05) is 6.54 Å². The minimum absolute atomic E-state index is 0.242. The molecule has 2 aromatic rings. The number of rotatable bonds is 4. The lowest BCUT2D eigenvalue weighted by Gasteiger charge is -2.12. The quantitative estimate of drug-likeness (QED) is 0.863. The highest BCUT2D eigenvalue weighted by Gasteiger charge is 2.07. The van der Waals surface area contributed by atoms with E-state index < -0.39 is 0 Å². The van der Waals surface area contributed by atoms with E-state index in [4.69, 9.17) is 4.42 Å². The summed E-state index contributed by atoms with van der Waals surface area (Å²) < 4.78 is 5.36. The van der Waals surface area contributed by atoms with Crippen molar-refractivity contribution in [2.24, 2.45) is 0 Å². The van der Waals surface area contributed by atoms with Crippen LogP contribution >= 0.6 is 0 Å². The number of aryl methyl sites for hydroxylation is 2. The summed E-state index contributed by atoms with van der Waals surface area (Å²) in [6.45, 7) is 7.26. The maximum absolute atomic E-state index is 5.36. The van der Waals surface area contributed by atoms with Gasteiger partial charge in [0.1, 0.15) is 5.76 Å². The summed E-state index contributed by atoms with van der Waals surface area (Å²) in [5.74, 6) is 0.980. The molecule has 0 aliphatic carbocycles. The van der Waals surface area contributed by atoms with Crippen molar-refractivity contribution in [2.45, 2.75) is 33.4 Å². The van der Waals surface area contributed by atoms with Gasteiger partial charge < -0.3 is 9.73 Å². The van der Waals surface area contributed by atoms with Crippen molar-refractivity contribution < 1.29 is 4.42 Å². The van der Waals surface area contributed by atoms with Gasteiger partial charge in [-0.05, 0) is 49.6 Å². The van der Waals surface area contributed by atoms with Crippen LogP contribution in [0.2, 0.25) is 0 Å². The minimum Gasteiger partial charge on any atom is -0.468 e. The molecule has 0 fully saturated rings. The van der Waals surface area contributed by atoms with Crippen molar-refractivity contribution in [1.82, 2.24) is 5.32 Å². The third-order valence-corrected chi connectivity index (χ3v) is 3.15. The van der Waals surface area contributed by atoms with Crippen LogP contribution in [0.25, 0.3) is 0 Å². The third kappa shape index (κ3) is 2.98. The van der Waals surface area contributed by atoms with E-state index in [0.717, 1.165) is 12.3 Å². The molecule has 0 saturated carbocycles.